The quantitative estimate of drug-likeness (QED) is 0.732. The molecule has 9 nitrogen and oxygen atoms in total. The summed E-state index contributed by atoms with van der Waals surface area (Å²) in [6.07, 6.45) is 2.79. The zero-order chi connectivity index (χ0) is 15.4. The number of hydrogen-bond acceptors (Lipinski definition) is 5. The third-order valence-corrected chi connectivity index (χ3v) is 3.38. The Labute approximate surface area is 120 Å². The van der Waals surface area contributed by atoms with Gasteiger partial charge in [-0.05, 0) is 12.8 Å². The first-order valence-corrected chi connectivity index (χ1v) is 6.64. The maximum Gasteiger partial charge on any atom is 0.325 e. The molecule has 1 unspecified atom stereocenters. The lowest BCUT2D eigenvalue weighted by atomic mass is 9.97. The minimum Gasteiger partial charge on any atom is -0.480 e. The Kier molecular flexibility index (Phi) is 4.51. The number of likely N-dealkylation sites (tertiary alicyclic amines) is 1. The van der Waals surface area contributed by atoms with Crippen LogP contribution in [0.4, 0.5) is 0 Å². The SMILES string of the molecule is CNC(=O)C1CCCN(C(=O)c2cn(CC(=O)O)nn2)C1. The van der Waals surface area contributed by atoms with Crippen molar-refractivity contribution in [2.45, 2.75) is 19.4 Å². The minimum absolute atomic E-state index is 0.0815. The van der Waals surface area contributed by atoms with Gasteiger partial charge in [0.15, 0.2) is 5.69 Å². The summed E-state index contributed by atoms with van der Waals surface area (Å²) < 4.78 is 1.09. The standard InChI is InChI=1S/C12H17N5O4/c1-13-11(20)8-3-2-4-16(5-8)12(21)9-6-17(15-14-9)7-10(18)19/h6,8H,2-5,7H2,1H3,(H,13,20)(H,18,19). The molecule has 1 aromatic rings. The molecule has 2 N–H and O–H groups in total. The lowest BCUT2D eigenvalue weighted by molar-refractivity contribution is -0.138. The Hall–Kier alpha value is -2.45. The van der Waals surface area contributed by atoms with E-state index in [9.17, 15) is 14.4 Å². The number of piperidine rings is 1. The third-order valence-electron chi connectivity index (χ3n) is 3.38. The largest absolute Gasteiger partial charge is 0.480 e. The summed E-state index contributed by atoms with van der Waals surface area (Å²) >= 11 is 0. The molecule has 0 radical (unpaired) electrons. The van der Waals surface area contributed by atoms with Gasteiger partial charge in [0.1, 0.15) is 6.54 Å². The van der Waals surface area contributed by atoms with Crippen LogP contribution in [0.3, 0.4) is 0 Å². The summed E-state index contributed by atoms with van der Waals surface area (Å²) in [5.41, 5.74) is 0.0915. The Morgan fingerprint density at radius 2 is 2.24 bits per heavy atom. The topological polar surface area (TPSA) is 117 Å². The summed E-state index contributed by atoms with van der Waals surface area (Å²) in [6.45, 7) is 0.545. The van der Waals surface area contributed by atoms with Crippen molar-refractivity contribution in [3.8, 4) is 0 Å². The molecular weight excluding hydrogens is 278 g/mol. The molecule has 2 amide bonds. The van der Waals surface area contributed by atoms with Crippen molar-refractivity contribution in [1.29, 1.82) is 0 Å². The predicted octanol–water partition coefficient (Wildman–Crippen LogP) is -1.04. The van der Waals surface area contributed by atoms with Gasteiger partial charge in [0.25, 0.3) is 5.91 Å². The Morgan fingerprint density at radius 3 is 2.90 bits per heavy atom. The van der Waals surface area contributed by atoms with E-state index >= 15 is 0 Å². The lowest BCUT2D eigenvalue weighted by Crippen LogP contribution is -2.44. The van der Waals surface area contributed by atoms with Crippen LogP contribution in [0.15, 0.2) is 6.20 Å². The van der Waals surface area contributed by atoms with Crippen LogP contribution in [0.5, 0.6) is 0 Å². The molecule has 21 heavy (non-hydrogen) atoms. The van der Waals surface area contributed by atoms with Crippen LogP contribution in [-0.4, -0.2) is 62.9 Å². The van der Waals surface area contributed by atoms with Gasteiger partial charge in [0.05, 0.1) is 12.1 Å². The molecule has 0 saturated carbocycles. The van der Waals surface area contributed by atoms with Crippen LogP contribution >= 0.6 is 0 Å². The Morgan fingerprint density at radius 1 is 1.48 bits per heavy atom. The molecule has 1 atom stereocenters. The molecular formula is C12H17N5O4. The number of rotatable bonds is 4. The van der Waals surface area contributed by atoms with E-state index in [1.165, 1.54) is 6.20 Å². The number of carbonyl (C=O) groups is 3. The van der Waals surface area contributed by atoms with Crippen molar-refractivity contribution in [1.82, 2.24) is 25.2 Å². The van der Waals surface area contributed by atoms with Crippen LogP contribution in [0.2, 0.25) is 0 Å². The summed E-state index contributed by atoms with van der Waals surface area (Å²) in [5, 5.41) is 18.5. The molecule has 0 aromatic carbocycles. The number of carbonyl (C=O) groups excluding carboxylic acids is 2. The molecule has 9 heteroatoms. The van der Waals surface area contributed by atoms with E-state index in [0.29, 0.717) is 13.1 Å². The summed E-state index contributed by atoms with van der Waals surface area (Å²) in [4.78, 5) is 36.1. The molecule has 0 aliphatic carbocycles. The zero-order valence-corrected chi connectivity index (χ0v) is 11.7. The summed E-state index contributed by atoms with van der Waals surface area (Å²) in [7, 11) is 1.57. The number of aliphatic carboxylic acids is 1. The van der Waals surface area contributed by atoms with Crippen LogP contribution in [0.25, 0.3) is 0 Å². The highest BCUT2D eigenvalue weighted by Gasteiger charge is 2.29. The highest BCUT2D eigenvalue weighted by molar-refractivity contribution is 5.92. The Balaban J connectivity index is 2.03. The third kappa shape index (κ3) is 3.56. The fourth-order valence-electron chi connectivity index (χ4n) is 2.35. The zero-order valence-electron chi connectivity index (χ0n) is 11.7. The monoisotopic (exact) mass is 295 g/mol. The lowest BCUT2D eigenvalue weighted by Gasteiger charge is -2.31. The first-order chi connectivity index (χ1) is 10.0. The van der Waals surface area contributed by atoms with Gasteiger partial charge in [-0.15, -0.1) is 5.10 Å². The summed E-state index contributed by atoms with van der Waals surface area (Å²) in [5.74, 6) is -1.69. The molecule has 1 fully saturated rings. The van der Waals surface area contributed by atoms with Crippen molar-refractivity contribution in [2.75, 3.05) is 20.1 Å². The smallest absolute Gasteiger partial charge is 0.325 e. The second-order valence-corrected chi connectivity index (χ2v) is 4.90. The van der Waals surface area contributed by atoms with E-state index in [0.717, 1.165) is 17.5 Å². The number of hydrogen-bond donors (Lipinski definition) is 2. The molecule has 1 aliphatic rings. The van der Waals surface area contributed by atoms with Crippen molar-refractivity contribution < 1.29 is 19.5 Å². The van der Waals surface area contributed by atoms with E-state index in [1.807, 2.05) is 0 Å². The average molecular weight is 295 g/mol. The molecule has 114 valence electrons. The molecule has 2 heterocycles. The van der Waals surface area contributed by atoms with Gasteiger partial charge in [0.2, 0.25) is 5.91 Å². The molecule has 1 aliphatic heterocycles. The van der Waals surface area contributed by atoms with E-state index < -0.39 is 5.97 Å². The number of carboxylic acids is 1. The van der Waals surface area contributed by atoms with E-state index in [1.54, 1.807) is 11.9 Å². The second-order valence-electron chi connectivity index (χ2n) is 4.90. The van der Waals surface area contributed by atoms with Gasteiger partial charge in [-0.3, -0.25) is 14.4 Å². The van der Waals surface area contributed by atoms with E-state index in [2.05, 4.69) is 15.6 Å². The number of nitrogens with one attached hydrogen (secondary N) is 1. The molecule has 0 spiro atoms. The van der Waals surface area contributed by atoms with Crippen LogP contribution in [-0.2, 0) is 16.1 Å². The van der Waals surface area contributed by atoms with Crippen LogP contribution < -0.4 is 5.32 Å². The van der Waals surface area contributed by atoms with Gasteiger partial charge in [-0.1, -0.05) is 5.21 Å². The molecule has 2 rings (SSSR count). The normalized spacial score (nSPS) is 18.3. The highest BCUT2D eigenvalue weighted by atomic mass is 16.4. The van der Waals surface area contributed by atoms with Crippen molar-refractivity contribution in [2.24, 2.45) is 5.92 Å². The highest BCUT2D eigenvalue weighted by Crippen LogP contribution is 2.18. The molecule has 1 saturated heterocycles. The van der Waals surface area contributed by atoms with Gasteiger partial charge < -0.3 is 15.3 Å². The van der Waals surface area contributed by atoms with Crippen LogP contribution in [0, 0.1) is 5.92 Å². The molecule has 1 aromatic heterocycles. The average Bonchev–Trinajstić information content (AvgIpc) is 2.93. The van der Waals surface area contributed by atoms with Gasteiger partial charge >= 0.3 is 5.97 Å². The van der Waals surface area contributed by atoms with Crippen molar-refractivity contribution in [3.05, 3.63) is 11.9 Å². The van der Waals surface area contributed by atoms with Crippen molar-refractivity contribution in [3.63, 3.8) is 0 Å². The number of nitrogens with zero attached hydrogens (tertiary/aromatic N) is 4. The van der Waals surface area contributed by atoms with E-state index in [-0.39, 0.29) is 30.0 Å². The number of amides is 2. The number of aromatic nitrogens is 3. The first kappa shape index (κ1) is 14.9. The maximum atomic E-state index is 12.3. The fraction of sp³-hybridized carbons (Fsp3) is 0.583. The van der Waals surface area contributed by atoms with Gasteiger partial charge in [-0.2, -0.15) is 0 Å². The fourth-order valence-corrected chi connectivity index (χ4v) is 2.35. The van der Waals surface area contributed by atoms with Crippen molar-refractivity contribution >= 4 is 17.8 Å². The summed E-state index contributed by atoms with van der Waals surface area (Å²) in [6, 6.07) is 0. The van der Waals surface area contributed by atoms with Gasteiger partial charge in [0, 0.05) is 20.1 Å². The Bertz CT molecular complexity index is 556. The number of carboxylic acid groups (broad SMARTS) is 1. The van der Waals surface area contributed by atoms with E-state index in [4.69, 9.17) is 5.11 Å². The predicted molar refractivity (Wildman–Crippen MR) is 70.4 cm³/mol. The maximum absolute atomic E-state index is 12.3. The van der Waals surface area contributed by atoms with Gasteiger partial charge in [-0.25, -0.2) is 4.68 Å². The second kappa shape index (κ2) is 6.33. The minimum atomic E-state index is -1.06. The first-order valence-electron chi connectivity index (χ1n) is 6.64. The van der Waals surface area contributed by atoms with Crippen LogP contribution in [0.1, 0.15) is 23.3 Å². The molecule has 0 bridgehead atoms.